The Morgan fingerprint density at radius 2 is 2.35 bits per heavy atom. The van der Waals surface area contributed by atoms with E-state index in [0.29, 0.717) is 6.04 Å². The molecule has 110 valence electrons. The molecular weight excluding hydrogens is 248 g/mol. The number of fused-ring (bicyclic) bond motifs is 1. The van der Waals surface area contributed by atoms with E-state index >= 15 is 0 Å². The molecule has 2 atom stereocenters. The highest BCUT2D eigenvalue weighted by molar-refractivity contribution is 5.40. The van der Waals surface area contributed by atoms with Gasteiger partial charge in [0.2, 0.25) is 0 Å². The van der Waals surface area contributed by atoms with Crippen molar-refractivity contribution in [3.8, 4) is 5.75 Å². The van der Waals surface area contributed by atoms with Crippen molar-refractivity contribution in [3.63, 3.8) is 0 Å². The normalized spacial score (nSPS) is 23.6. The van der Waals surface area contributed by atoms with Crippen LogP contribution in [0, 0.1) is 5.92 Å². The van der Waals surface area contributed by atoms with Crippen LogP contribution in [0.3, 0.4) is 0 Å². The smallest absolute Gasteiger partial charge is 0.122 e. The maximum absolute atomic E-state index is 5.59. The van der Waals surface area contributed by atoms with Crippen LogP contribution in [-0.2, 0) is 6.42 Å². The van der Waals surface area contributed by atoms with Gasteiger partial charge in [0.25, 0.3) is 0 Å². The molecule has 1 aromatic carbocycles. The first kappa shape index (κ1) is 13.9. The second kappa shape index (κ2) is 6.15. The summed E-state index contributed by atoms with van der Waals surface area (Å²) < 4.78 is 5.59. The quantitative estimate of drug-likeness (QED) is 0.893. The fourth-order valence-corrected chi connectivity index (χ4v) is 3.42. The van der Waals surface area contributed by atoms with Crippen molar-refractivity contribution >= 4 is 0 Å². The lowest BCUT2D eigenvalue weighted by Gasteiger charge is -2.20. The van der Waals surface area contributed by atoms with Gasteiger partial charge in [0, 0.05) is 19.0 Å². The summed E-state index contributed by atoms with van der Waals surface area (Å²) in [6.07, 6.45) is 3.53. The second-order valence-electron chi connectivity index (χ2n) is 6.25. The third-order valence-corrected chi connectivity index (χ3v) is 4.67. The molecule has 0 bridgehead atoms. The summed E-state index contributed by atoms with van der Waals surface area (Å²) in [6.45, 7) is 6.73. The number of rotatable bonds is 5. The molecule has 20 heavy (non-hydrogen) atoms. The summed E-state index contributed by atoms with van der Waals surface area (Å²) in [6, 6.07) is 7.19. The number of hydrogen-bond donors (Lipinski definition) is 1. The Bertz CT molecular complexity index is 460. The molecule has 1 N–H and O–H groups in total. The zero-order valence-electron chi connectivity index (χ0n) is 12.7. The number of nitrogens with one attached hydrogen (secondary N) is 1. The van der Waals surface area contributed by atoms with Crippen LogP contribution in [0.1, 0.15) is 36.9 Å². The van der Waals surface area contributed by atoms with Crippen LogP contribution in [-0.4, -0.2) is 38.2 Å². The van der Waals surface area contributed by atoms with Gasteiger partial charge in [-0.05, 0) is 56.1 Å². The Morgan fingerprint density at radius 3 is 3.10 bits per heavy atom. The van der Waals surface area contributed by atoms with Gasteiger partial charge in [0.05, 0.1) is 6.61 Å². The molecule has 1 fully saturated rings. The SMILES string of the molecule is CCC(NCC1CCN(C)C1)c1ccc2c(c1)CCO2. The van der Waals surface area contributed by atoms with Crippen molar-refractivity contribution in [3.05, 3.63) is 29.3 Å². The first-order valence-corrected chi connectivity index (χ1v) is 7.94. The number of hydrogen-bond acceptors (Lipinski definition) is 3. The van der Waals surface area contributed by atoms with Gasteiger partial charge < -0.3 is 15.0 Å². The maximum Gasteiger partial charge on any atom is 0.122 e. The maximum atomic E-state index is 5.59. The molecule has 1 saturated heterocycles. The van der Waals surface area contributed by atoms with E-state index in [4.69, 9.17) is 4.74 Å². The summed E-state index contributed by atoms with van der Waals surface area (Å²) in [5, 5.41) is 3.77. The molecule has 0 radical (unpaired) electrons. The van der Waals surface area contributed by atoms with Gasteiger partial charge in [-0.15, -0.1) is 0 Å². The summed E-state index contributed by atoms with van der Waals surface area (Å²) in [7, 11) is 2.22. The Hall–Kier alpha value is -1.06. The van der Waals surface area contributed by atoms with Crippen molar-refractivity contribution in [2.75, 3.05) is 33.3 Å². The Labute approximate surface area is 122 Å². The summed E-state index contributed by atoms with van der Waals surface area (Å²) in [4.78, 5) is 2.43. The van der Waals surface area contributed by atoms with Gasteiger partial charge in [0.1, 0.15) is 5.75 Å². The van der Waals surface area contributed by atoms with E-state index in [1.54, 1.807) is 0 Å². The lowest BCUT2D eigenvalue weighted by atomic mass is 9.99. The molecule has 3 nitrogen and oxygen atoms in total. The molecule has 2 unspecified atom stereocenters. The standard InChI is InChI=1S/C17H26N2O/c1-3-16(18-11-13-6-8-19(2)12-13)14-4-5-17-15(10-14)7-9-20-17/h4-5,10,13,16,18H,3,6-9,11-12H2,1-2H3. The van der Waals surface area contributed by atoms with E-state index in [9.17, 15) is 0 Å². The average Bonchev–Trinajstić information content (AvgIpc) is 3.07. The minimum absolute atomic E-state index is 0.479. The minimum atomic E-state index is 0.479. The van der Waals surface area contributed by atoms with E-state index in [0.717, 1.165) is 37.7 Å². The Morgan fingerprint density at radius 1 is 1.45 bits per heavy atom. The first-order valence-electron chi connectivity index (χ1n) is 7.94. The molecule has 1 aromatic rings. The number of ether oxygens (including phenoxy) is 1. The fraction of sp³-hybridized carbons (Fsp3) is 0.647. The van der Waals surface area contributed by atoms with E-state index in [1.807, 2.05) is 0 Å². The summed E-state index contributed by atoms with van der Waals surface area (Å²) in [5.74, 6) is 1.90. The second-order valence-corrected chi connectivity index (χ2v) is 6.25. The highest BCUT2D eigenvalue weighted by Gasteiger charge is 2.21. The third kappa shape index (κ3) is 2.99. The van der Waals surface area contributed by atoms with E-state index in [1.165, 1.54) is 30.6 Å². The highest BCUT2D eigenvalue weighted by atomic mass is 16.5. The molecule has 3 heteroatoms. The largest absolute Gasteiger partial charge is 0.493 e. The molecule has 0 spiro atoms. The first-order chi connectivity index (χ1) is 9.76. The van der Waals surface area contributed by atoms with Crippen molar-refractivity contribution in [2.24, 2.45) is 5.92 Å². The topological polar surface area (TPSA) is 24.5 Å². The van der Waals surface area contributed by atoms with Crippen LogP contribution < -0.4 is 10.1 Å². The van der Waals surface area contributed by atoms with Gasteiger partial charge in [-0.1, -0.05) is 19.1 Å². The Kier molecular flexibility index (Phi) is 4.27. The van der Waals surface area contributed by atoms with Crippen LogP contribution in [0.15, 0.2) is 18.2 Å². The predicted octanol–water partition coefficient (Wildman–Crippen LogP) is 2.61. The molecule has 0 aliphatic carbocycles. The third-order valence-electron chi connectivity index (χ3n) is 4.67. The van der Waals surface area contributed by atoms with E-state index in [2.05, 4.69) is 42.4 Å². The van der Waals surface area contributed by atoms with E-state index in [-0.39, 0.29) is 0 Å². The monoisotopic (exact) mass is 274 g/mol. The summed E-state index contributed by atoms with van der Waals surface area (Å²) >= 11 is 0. The molecule has 2 heterocycles. The van der Waals surface area contributed by atoms with Crippen LogP contribution >= 0.6 is 0 Å². The zero-order chi connectivity index (χ0) is 13.9. The average molecular weight is 274 g/mol. The van der Waals surface area contributed by atoms with Crippen molar-refractivity contribution in [1.82, 2.24) is 10.2 Å². The Balaban J connectivity index is 1.61. The van der Waals surface area contributed by atoms with Gasteiger partial charge in [-0.3, -0.25) is 0 Å². The van der Waals surface area contributed by atoms with Crippen LogP contribution in [0.2, 0.25) is 0 Å². The molecule has 2 aliphatic heterocycles. The number of nitrogens with zero attached hydrogens (tertiary/aromatic N) is 1. The molecule has 3 rings (SSSR count). The van der Waals surface area contributed by atoms with Crippen LogP contribution in [0.25, 0.3) is 0 Å². The minimum Gasteiger partial charge on any atom is -0.493 e. The zero-order valence-corrected chi connectivity index (χ0v) is 12.7. The van der Waals surface area contributed by atoms with Crippen molar-refractivity contribution in [1.29, 1.82) is 0 Å². The fourth-order valence-electron chi connectivity index (χ4n) is 3.42. The van der Waals surface area contributed by atoms with Crippen molar-refractivity contribution < 1.29 is 4.74 Å². The summed E-state index contributed by atoms with van der Waals surface area (Å²) in [5.41, 5.74) is 2.80. The molecule has 0 amide bonds. The van der Waals surface area contributed by atoms with Gasteiger partial charge in [0.15, 0.2) is 0 Å². The van der Waals surface area contributed by atoms with Crippen molar-refractivity contribution in [2.45, 2.75) is 32.2 Å². The number of benzene rings is 1. The van der Waals surface area contributed by atoms with Gasteiger partial charge in [-0.2, -0.15) is 0 Å². The molecule has 0 aromatic heterocycles. The molecule has 0 saturated carbocycles. The predicted molar refractivity (Wildman–Crippen MR) is 82.3 cm³/mol. The lowest BCUT2D eigenvalue weighted by Crippen LogP contribution is -2.28. The molecular formula is C17H26N2O. The highest BCUT2D eigenvalue weighted by Crippen LogP contribution is 2.29. The van der Waals surface area contributed by atoms with E-state index < -0.39 is 0 Å². The van der Waals surface area contributed by atoms with Gasteiger partial charge in [-0.25, -0.2) is 0 Å². The molecule has 2 aliphatic rings. The lowest BCUT2D eigenvalue weighted by molar-refractivity contribution is 0.356. The van der Waals surface area contributed by atoms with Crippen LogP contribution in [0.4, 0.5) is 0 Å². The number of likely N-dealkylation sites (tertiary alicyclic amines) is 1. The van der Waals surface area contributed by atoms with Gasteiger partial charge >= 0.3 is 0 Å². The van der Waals surface area contributed by atoms with Crippen LogP contribution in [0.5, 0.6) is 5.75 Å².